The Morgan fingerprint density at radius 3 is 3.00 bits per heavy atom. The highest BCUT2D eigenvalue weighted by atomic mass is 32.2. The number of benzene rings is 1. The lowest BCUT2D eigenvalue weighted by Crippen LogP contribution is -1.92. The molecule has 0 aliphatic carbocycles. The van der Waals surface area contributed by atoms with Crippen molar-refractivity contribution in [2.45, 2.75) is 4.90 Å². The average molecular weight is 180 g/mol. The van der Waals surface area contributed by atoms with E-state index in [0.717, 1.165) is 16.4 Å². The molecule has 1 aromatic rings. The van der Waals surface area contributed by atoms with Crippen LogP contribution in [0.15, 0.2) is 35.1 Å². The predicted octanol–water partition coefficient (Wildman–Crippen LogP) is 2.65. The molecule has 0 aromatic heterocycles. The maximum atomic E-state index is 5.22. The second-order valence-corrected chi connectivity index (χ2v) is 3.34. The molecule has 1 aliphatic heterocycles. The van der Waals surface area contributed by atoms with Crippen LogP contribution in [0.5, 0.6) is 11.5 Å². The van der Waals surface area contributed by atoms with Gasteiger partial charge in [0.1, 0.15) is 0 Å². The second kappa shape index (κ2) is 3.11. The monoisotopic (exact) mass is 180 g/mol. The minimum Gasteiger partial charge on any atom is -0.454 e. The van der Waals surface area contributed by atoms with E-state index in [2.05, 4.69) is 6.58 Å². The normalized spacial score (nSPS) is 13.0. The van der Waals surface area contributed by atoms with Crippen LogP contribution in [0.4, 0.5) is 0 Å². The fourth-order valence-electron chi connectivity index (χ4n) is 1.05. The molecule has 2 nitrogen and oxygen atoms in total. The summed E-state index contributed by atoms with van der Waals surface area (Å²) in [5.41, 5.74) is 0. The first kappa shape index (κ1) is 7.55. The van der Waals surface area contributed by atoms with E-state index in [1.165, 1.54) is 0 Å². The van der Waals surface area contributed by atoms with Crippen molar-refractivity contribution in [2.75, 3.05) is 6.79 Å². The zero-order chi connectivity index (χ0) is 8.39. The summed E-state index contributed by atoms with van der Waals surface area (Å²) < 4.78 is 10.4. The molecule has 0 bridgehead atoms. The van der Waals surface area contributed by atoms with Crippen molar-refractivity contribution in [3.05, 3.63) is 30.2 Å². The highest BCUT2D eigenvalue weighted by Crippen LogP contribution is 2.35. The lowest BCUT2D eigenvalue weighted by Gasteiger charge is -1.97. The largest absolute Gasteiger partial charge is 0.454 e. The van der Waals surface area contributed by atoms with Crippen molar-refractivity contribution in [3.8, 4) is 11.5 Å². The van der Waals surface area contributed by atoms with Gasteiger partial charge in [0.05, 0.1) is 0 Å². The van der Waals surface area contributed by atoms with Gasteiger partial charge >= 0.3 is 0 Å². The summed E-state index contributed by atoms with van der Waals surface area (Å²) in [6, 6.07) is 5.85. The molecule has 1 heterocycles. The van der Waals surface area contributed by atoms with Gasteiger partial charge in [-0.25, -0.2) is 0 Å². The van der Waals surface area contributed by atoms with Gasteiger partial charge in [-0.15, -0.1) is 0 Å². The summed E-state index contributed by atoms with van der Waals surface area (Å²) in [5, 5.41) is 1.79. The zero-order valence-corrected chi connectivity index (χ0v) is 7.26. The van der Waals surface area contributed by atoms with Crippen LogP contribution in [0.1, 0.15) is 0 Å². The Balaban J connectivity index is 2.32. The van der Waals surface area contributed by atoms with E-state index in [-0.39, 0.29) is 0 Å². The first-order chi connectivity index (χ1) is 5.90. The Hall–Kier alpha value is -1.09. The molecule has 0 spiro atoms. The lowest BCUT2D eigenvalue weighted by atomic mass is 10.3. The van der Waals surface area contributed by atoms with Crippen molar-refractivity contribution in [1.29, 1.82) is 0 Å². The lowest BCUT2D eigenvalue weighted by molar-refractivity contribution is 0.174. The number of ether oxygens (including phenoxy) is 2. The first-order valence-corrected chi connectivity index (χ1v) is 4.45. The molecule has 0 fully saturated rings. The van der Waals surface area contributed by atoms with E-state index < -0.39 is 0 Å². The molecule has 0 radical (unpaired) electrons. The summed E-state index contributed by atoms with van der Waals surface area (Å²) in [6.45, 7) is 3.97. The van der Waals surface area contributed by atoms with Crippen LogP contribution in [0, 0.1) is 0 Å². The van der Waals surface area contributed by atoms with Crippen LogP contribution in [-0.2, 0) is 0 Å². The van der Waals surface area contributed by atoms with Crippen LogP contribution >= 0.6 is 11.8 Å². The van der Waals surface area contributed by atoms with Crippen molar-refractivity contribution >= 4 is 11.8 Å². The van der Waals surface area contributed by atoms with Crippen LogP contribution in [0.3, 0.4) is 0 Å². The number of fused-ring (bicyclic) bond motifs is 1. The summed E-state index contributed by atoms with van der Waals surface area (Å²) in [7, 11) is 0. The van der Waals surface area contributed by atoms with Crippen molar-refractivity contribution in [2.24, 2.45) is 0 Å². The summed E-state index contributed by atoms with van der Waals surface area (Å²) in [4.78, 5) is 1.12. The maximum Gasteiger partial charge on any atom is 0.231 e. The van der Waals surface area contributed by atoms with Crippen molar-refractivity contribution in [3.63, 3.8) is 0 Å². The van der Waals surface area contributed by atoms with E-state index in [1.54, 1.807) is 17.2 Å². The number of hydrogen-bond acceptors (Lipinski definition) is 3. The maximum absolute atomic E-state index is 5.22. The van der Waals surface area contributed by atoms with Crippen LogP contribution in [-0.4, -0.2) is 6.79 Å². The summed E-state index contributed by atoms with van der Waals surface area (Å²) in [6.07, 6.45) is 0. The Morgan fingerprint density at radius 1 is 1.33 bits per heavy atom. The molecular formula is C9H8O2S. The van der Waals surface area contributed by atoms with E-state index in [9.17, 15) is 0 Å². The fourth-order valence-corrected chi connectivity index (χ4v) is 1.56. The molecule has 62 valence electrons. The molecule has 0 unspecified atom stereocenters. The third-order valence-corrected chi connectivity index (χ3v) is 2.26. The second-order valence-electron chi connectivity index (χ2n) is 2.30. The molecule has 0 saturated carbocycles. The molecule has 0 amide bonds. The number of thioether (sulfide) groups is 1. The molecular weight excluding hydrogens is 172 g/mol. The molecule has 1 aromatic carbocycles. The van der Waals surface area contributed by atoms with Gasteiger partial charge in [-0.3, -0.25) is 0 Å². The molecule has 0 N–H and O–H groups in total. The highest BCUT2D eigenvalue weighted by Gasteiger charge is 2.12. The Bertz CT molecular complexity index is 309. The van der Waals surface area contributed by atoms with Gasteiger partial charge in [-0.2, -0.15) is 0 Å². The predicted molar refractivity (Wildman–Crippen MR) is 48.6 cm³/mol. The van der Waals surface area contributed by atoms with Gasteiger partial charge in [-0.1, -0.05) is 18.3 Å². The minimum atomic E-state index is 0.331. The Kier molecular flexibility index (Phi) is 1.96. The topological polar surface area (TPSA) is 18.5 Å². The van der Waals surface area contributed by atoms with Gasteiger partial charge in [0.25, 0.3) is 0 Å². The van der Waals surface area contributed by atoms with E-state index in [4.69, 9.17) is 9.47 Å². The van der Waals surface area contributed by atoms with Gasteiger partial charge < -0.3 is 9.47 Å². The van der Waals surface area contributed by atoms with E-state index >= 15 is 0 Å². The van der Waals surface area contributed by atoms with Crippen molar-refractivity contribution < 1.29 is 9.47 Å². The van der Waals surface area contributed by atoms with Crippen LogP contribution < -0.4 is 9.47 Å². The van der Waals surface area contributed by atoms with Crippen LogP contribution in [0.2, 0.25) is 0 Å². The van der Waals surface area contributed by atoms with Gasteiger partial charge in [0.2, 0.25) is 6.79 Å². The summed E-state index contributed by atoms with van der Waals surface area (Å²) in [5.74, 6) is 1.64. The molecule has 0 atom stereocenters. The average Bonchev–Trinajstić information content (AvgIpc) is 2.51. The third-order valence-electron chi connectivity index (χ3n) is 1.56. The smallest absolute Gasteiger partial charge is 0.231 e. The fraction of sp³-hybridized carbons (Fsp3) is 0.111. The van der Waals surface area contributed by atoms with Gasteiger partial charge in [0.15, 0.2) is 11.5 Å². The standard InChI is InChI=1S/C9H8O2S/c1-2-12-7-3-4-8-9(5-7)11-6-10-8/h2-5H,1,6H2. The number of rotatable bonds is 2. The number of hydrogen-bond donors (Lipinski definition) is 0. The third kappa shape index (κ3) is 1.28. The molecule has 2 rings (SSSR count). The minimum absolute atomic E-state index is 0.331. The quantitative estimate of drug-likeness (QED) is 0.652. The van der Waals surface area contributed by atoms with Gasteiger partial charge in [0, 0.05) is 4.90 Å². The molecule has 3 heteroatoms. The summed E-state index contributed by atoms with van der Waals surface area (Å²) >= 11 is 1.57. The Labute approximate surface area is 75.2 Å². The molecule has 0 saturated heterocycles. The first-order valence-electron chi connectivity index (χ1n) is 3.57. The molecule has 12 heavy (non-hydrogen) atoms. The van der Waals surface area contributed by atoms with E-state index in [0.29, 0.717) is 6.79 Å². The van der Waals surface area contributed by atoms with Crippen molar-refractivity contribution in [1.82, 2.24) is 0 Å². The Morgan fingerprint density at radius 2 is 2.17 bits per heavy atom. The highest BCUT2D eigenvalue weighted by molar-refractivity contribution is 8.02. The van der Waals surface area contributed by atoms with Crippen LogP contribution in [0.25, 0.3) is 0 Å². The SMILES string of the molecule is C=CSc1ccc2c(c1)OCO2. The molecule has 1 aliphatic rings. The van der Waals surface area contributed by atoms with Gasteiger partial charge in [-0.05, 0) is 23.6 Å². The zero-order valence-electron chi connectivity index (χ0n) is 6.45. The van der Waals surface area contributed by atoms with E-state index in [1.807, 2.05) is 18.2 Å².